The third kappa shape index (κ3) is 2.58. The van der Waals surface area contributed by atoms with E-state index in [0.717, 1.165) is 18.2 Å². The fourth-order valence-corrected chi connectivity index (χ4v) is 2.37. The molecule has 1 heterocycles. The van der Waals surface area contributed by atoms with E-state index in [0.29, 0.717) is 5.56 Å². The quantitative estimate of drug-likeness (QED) is 0.771. The van der Waals surface area contributed by atoms with Crippen LogP contribution in [0.25, 0.3) is 6.08 Å². The first-order chi connectivity index (χ1) is 11.2. The zero-order valence-corrected chi connectivity index (χ0v) is 12.3. The zero-order valence-electron chi connectivity index (χ0n) is 12.3. The normalized spacial score (nSPS) is 15.5. The minimum absolute atomic E-state index is 0.0376. The van der Waals surface area contributed by atoms with Gasteiger partial charge in [0.2, 0.25) is 5.78 Å². The van der Waals surface area contributed by atoms with Crippen molar-refractivity contribution < 1.29 is 32.9 Å². The van der Waals surface area contributed by atoms with Crippen LogP contribution in [0.15, 0.2) is 36.1 Å². The number of carbonyl (C=O) groups excluding carboxylic acids is 1. The Balaban J connectivity index is 1.97. The summed E-state index contributed by atoms with van der Waals surface area (Å²) >= 11 is 0. The molecule has 0 aliphatic carbocycles. The Labute approximate surface area is 134 Å². The maximum atomic E-state index is 12.5. The molecule has 124 valence electrons. The topological polar surface area (TPSA) is 66.8 Å². The van der Waals surface area contributed by atoms with Gasteiger partial charge in [-0.1, -0.05) is 12.1 Å². The van der Waals surface area contributed by atoms with Gasteiger partial charge in [-0.3, -0.25) is 4.79 Å². The van der Waals surface area contributed by atoms with Crippen molar-refractivity contribution in [3.8, 4) is 17.2 Å². The average Bonchev–Trinajstić information content (AvgIpc) is 2.82. The predicted molar refractivity (Wildman–Crippen MR) is 78.9 cm³/mol. The number of halogens is 3. The monoisotopic (exact) mass is 336 g/mol. The lowest BCUT2D eigenvalue weighted by Crippen LogP contribution is -2.04. The Kier molecular flexibility index (Phi) is 3.51. The number of phenolic OH excluding ortho intramolecular Hbond substituents is 2. The first kappa shape index (κ1) is 15.9. The van der Waals surface area contributed by atoms with Gasteiger partial charge in [0.1, 0.15) is 22.8 Å². The highest BCUT2D eigenvalue weighted by atomic mass is 19.4. The summed E-state index contributed by atoms with van der Waals surface area (Å²) < 4.78 is 43.0. The Morgan fingerprint density at radius 3 is 2.29 bits per heavy atom. The number of carbonyl (C=O) groups is 1. The number of fused-ring (bicyclic) bond motifs is 1. The molecule has 0 bridgehead atoms. The van der Waals surface area contributed by atoms with Gasteiger partial charge in [-0.15, -0.1) is 0 Å². The summed E-state index contributed by atoms with van der Waals surface area (Å²) in [7, 11) is 0. The Hall–Kier alpha value is -2.96. The second-order valence-corrected chi connectivity index (χ2v) is 5.30. The molecule has 0 saturated carbocycles. The number of allylic oxidation sites excluding steroid dienone is 1. The molecular formula is C17H11F3O4. The van der Waals surface area contributed by atoms with Crippen LogP contribution in [0.5, 0.6) is 17.2 Å². The van der Waals surface area contributed by atoms with E-state index in [4.69, 9.17) is 4.74 Å². The summed E-state index contributed by atoms with van der Waals surface area (Å²) in [6.07, 6.45) is -3.17. The minimum Gasteiger partial charge on any atom is -0.507 e. The van der Waals surface area contributed by atoms with Crippen molar-refractivity contribution in [1.82, 2.24) is 0 Å². The third-order valence-electron chi connectivity index (χ3n) is 3.68. The van der Waals surface area contributed by atoms with E-state index in [2.05, 4.69) is 0 Å². The third-order valence-corrected chi connectivity index (χ3v) is 3.68. The fraction of sp³-hybridized carbons (Fsp3) is 0.118. The molecule has 0 saturated heterocycles. The molecule has 0 amide bonds. The number of phenols is 2. The van der Waals surface area contributed by atoms with Crippen LogP contribution >= 0.6 is 0 Å². The number of ether oxygens (including phenoxy) is 1. The number of rotatable bonds is 1. The van der Waals surface area contributed by atoms with Crippen LogP contribution in [-0.4, -0.2) is 16.0 Å². The molecule has 4 nitrogen and oxygen atoms in total. The van der Waals surface area contributed by atoms with Crippen molar-refractivity contribution in [3.05, 3.63) is 58.3 Å². The number of aromatic hydroxyl groups is 2. The second-order valence-electron chi connectivity index (χ2n) is 5.30. The lowest BCUT2D eigenvalue weighted by Gasteiger charge is -2.06. The highest BCUT2D eigenvalue weighted by Crippen LogP contribution is 2.44. The van der Waals surface area contributed by atoms with Crippen LogP contribution in [0, 0.1) is 6.92 Å². The zero-order chi connectivity index (χ0) is 17.6. The summed E-state index contributed by atoms with van der Waals surface area (Å²) in [4.78, 5) is 12.3. The number of benzene rings is 2. The molecule has 1 aliphatic heterocycles. The van der Waals surface area contributed by atoms with Crippen LogP contribution in [0.4, 0.5) is 13.2 Å². The van der Waals surface area contributed by atoms with E-state index < -0.39 is 23.3 Å². The van der Waals surface area contributed by atoms with E-state index in [1.807, 2.05) is 0 Å². The van der Waals surface area contributed by atoms with Crippen molar-refractivity contribution >= 4 is 11.9 Å². The minimum atomic E-state index is -4.44. The molecule has 0 spiro atoms. The summed E-state index contributed by atoms with van der Waals surface area (Å²) in [6.45, 7) is 1.52. The highest BCUT2D eigenvalue weighted by Gasteiger charge is 2.34. The van der Waals surface area contributed by atoms with Gasteiger partial charge in [0, 0.05) is 11.6 Å². The van der Waals surface area contributed by atoms with E-state index >= 15 is 0 Å². The summed E-state index contributed by atoms with van der Waals surface area (Å²) in [5, 5.41) is 19.5. The van der Waals surface area contributed by atoms with Crippen LogP contribution in [0.2, 0.25) is 0 Å². The molecule has 2 N–H and O–H groups in total. The predicted octanol–water partition coefficient (Wildman–Crippen LogP) is 4.04. The number of Topliss-reactive ketones (excluding diaryl/α,β-unsaturated/α-hetero) is 1. The van der Waals surface area contributed by atoms with Gasteiger partial charge in [-0.25, -0.2) is 0 Å². The molecular weight excluding hydrogens is 325 g/mol. The van der Waals surface area contributed by atoms with Crippen LogP contribution in [0.1, 0.15) is 27.0 Å². The molecule has 0 fully saturated rings. The van der Waals surface area contributed by atoms with E-state index in [1.54, 1.807) is 0 Å². The van der Waals surface area contributed by atoms with Crippen molar-refractivity contribution in [2.45, 2.75) is 13.1 Å². The summed E-state index contributed by atoms with van der Waals surface area (Å²) in [5.74, 6) is -1.36. The molecule has 24 heavy (non-hydrogen) atoms. The molecule has 3 rings (SSSR count). The SMILES string of the molecule is Cc1c(O)cc(O)c2c1O/C(=C\c1ccc(C(F)(F)F)cc1)C2=O. The van der Waals surface area contributed by atoms with Crippen molar-refractivity contribution in [2.75, 3.05) is 0 Å². The Morgan fingerprint density at radius 1 is 1.08 bits per heavy atom. The molecule has 7 heteroatoms. The molecule has 1 aliphatic rings. The largest absolute Gasteiger partial charge is 0.507 e. The van der Waals surface area contributed by atoms with Gasteiger partial charge in [-0.2, -0.15) is 13.2 Å². The highest BCUT2D eigenvalue weighted by molar-refractivity contribution is 6.16. The first-order valence-corrected chi connectivity index (χ1v) is 6.85. The van der Waals surface area contributed by atoms with Crippen LogP contribution in [0.3, 0.4) is 0 Å². The summed E-state index contributed by atoms with van der Waals surface area (Å²) in [5.41, 5.74) is -0.263. The van der Waals surface area contributed by atoms with Crippen LogP contribution < -0.4 is 4.74 Å². The fourth-order valence-electron chi connectivity index (χ4n) is 2.37. The van der Waals surface area contributed by atoms with Crippen LogP contribution in [-0.2, 0) is 6.18 Å². The van der Waals surface area contributed by atoms with E-state index in [-0.39, 0.29) is 28.4 Å². The Bertz CT molecular complexity index is 865. The molecule has 0 atom stereocenters. The van der Waals surface area contributed by atoms with Crippen molar-refractivity contribution in [3.63, 3.8) is 0 Å². The lowest BCUT2D eigenvalue weighted by molar-refractivity contribution is -0.137. The van der Waals surface area contributed by atoms with Gasteiger partial charge in [0.15, 0.2) is 5.76 Å². The molecule has 2 aromatic carbocycles. The number of hydrogen-bond donors (Lipinski definition) is 2. The summed E-state index contributed by atoms with van der Waals surface area (Å²) in [6, 6.07) is 5.25. The number of hydrogen-bond acceptors (Lipinski definition) is 4. The maximum absolute atomic E-state index is 12.5. The standard InChI is InChI=1S/C17H11F3O4/c1-8-11(21)7-12(22)14-15(23)13(24-16(8)14)6-9-2-4-10(5-3-9)17(18,19)20/h2-7,21-22H,1H3/b13-6-. The lowest BCUT2D eigenvalue weighted by atomic mass is 10.0. The molecule has 0 unspecified atom stereocenters. The van der Waals surface area contributed by atoms with Crippen molar-refractivity contribution in [1.29, 1.82) is 0 Å². The van der Waals surface area contributed by atoms with Crippen molar-refractivity contribution in [2.24, 2.45) is 0 Å². The molecule has 0 aromatic heterocycles. The van der Waals surface area contributed by atoms with Gasteiger partial charge < -0.3 is 14.9 Å². The van der Waals surface area contributed by atoms with Gasteiger partial charge in [-0.05, 0) is 30.7 Å². The average molecular weight is 336 g/mol. The van der Waals surface area contributed by atoms with Gasteiger partial charge in [0.05, 0.1) is 5.56 Å². The smallest absolute Gasteiger partial charge is 0.416 e. The number of ketones is 1. The number of alkyl halides is 3. The van der Waals surface area contributed by atoms with Gasteiger partial charge in [0.25, 0.3) is 0 Å². The second kappa shape index (κ2) is 5.30. The van der Waals surface area contributed by atoms with E-state index in [1.165, 1.54) is 25.1 Å². The Morgan fingerprint density at radius 2 is 1.71 bits per heavy atom. The maximum Gasteiger partial charge on any atom is 0.416 e. The molecule has 0 radical (unpaired) electrons. The van der Waals surface area contributed by atoms with Gasteiger partial charge >= 0.3 is 6.18 Å². The molecule has 2 aromatic rings. The first-order valence-electron chi connectivity index (χ1n) is 6.85. The van der Waals surface area contributed by atoms with E-state index in [9.17, 15) is 28.2 Å².